The van der Waals surface area contributed by atoms with Gasteiger partial charge in [0.2, 0.25) is 0 Å². The van der Waals surface area contributed by atoms with Crippen molar-refractivity contribution in [2.75, 3.05) is 13.1 Å². The van der Waals surface area contributed by atoms with Crippen molar-refractivity contribution < 1.29 is 0 Å². The van der Waals surface area contributed by atoms with E-state index >= 15 is 0 Å². The molecule has 0 spiro atoms. The van der Waals surface area contributed by atoms with E-state index in [2.05, 4.69) is 65.1 Å². The number of rotatable bonds is 8. The lowest BCUT2D eigenvalue weighted by Gasteiger charge is -2.33. The van der Waals surface area contributed by atoms with Crippen LogP contribution in [0.1, 0.15) is 57.2 Å². The molecule has 1 aromatic rings. The van der Waals surface area contributed by atoms with Crippen molar-refractivity contribution in [2.45, 2.75) is 60.8 Å². The van der Waals surface area contributed by atoms with Gasteiger partial charge in [-0.1, -0.05) is 57.0 Å². The summed E-state index contributed by atoms with van der Waals surface area (Å²) < 4.78 is 0. The molecule has 1 nitrogen and oxygen atoms in total. The molecule has 0 fully saturated rings. The third kappa shape index (κ3) is 5.28. The number of aryl methyl sites for hydroxylation is 2. The summed E-state index contributed by atoms with van der Waals surface area (Å²) in [5, 5.41) is 3.68. The van der Waals surface area contributed by atoms with Gasteiger partial charge < -0.3 is 5.32 Å². The van der Waals surface area contributed by atoms with Gasteiger partial charge in [0.25, 0.3) is 0 Å². The van der Waals surface area contributed by atoms with Crippen LogP contribution in [0.15, 0.2) is 18.2 Å². The third-order valence-electron chi connectivity index (χ3n) is 4.41. The topological polar surface area (TPSA) is 12.0 Å². The SMILES string of the molecule is CCC(CC)(CNCC(C)C)Cc1cc(C)cc(C)c1. The molecule has 1 rings (SSSR count). The maximum absolute atomic E-state index is 3.68. The second-order valence-corrected chi connectivity index (χ2v) is 6.90. The molecular weight excluding hydrogens is 242 g/mol. The van der Waals surface area contributed by atoms with Gasteiger partial charge in [-0.2, -0.15) is 0 Å². The maximum atomic E-state index is 3.68. The molecule has 0 radical (unpaired) electrons. The summed E-state index contributed by atoms with van der Waals surface area (Å²) in [6, 6.07) is 6.98. The average molecular weight is 275 g/mol. The van der Waals surface area contributed by atoms with Crippen molar-refractivity contribution in [3.8, 4) is 0 Å². The van der Waals surface area contributed by atoms with E-state index in [9.17, 15) is 0 Å². The van der Waals surface area contributed by atoms with Crippen molar-refractivity contribution in [3.05, 3.63) is 34.9 Å². The number of hydrogen-bond acceptors (Lipinski definition) is 1. The zero-order valence-corrected chi connectivity index (χ0v) is 14.3. The van der Waals surface area contributed by atoms with Crippen molar-refractivity contribution >= 4 is 0 Å². The quantitative estimate of drug-likeness (QED) is 0.711. The molecule has 0 atom stereocenters. The largest absolute Gasteiger partial charge is 0.316 e. The molecule has 0 saturated heterocycles. The van der Waals surface area contributed by atoms with E-state index in [0.29, 0.717) is 5.41 Å². The van der Waals surface area contributed by atoms with Crippen LogP contribution < -0.4 is 5.32 Å². The predicted molar refractivity (Wildman–Crippen MR) is 90.3 cm³/mol. The Morgan fingerprint density at radius 3 is 2.00 bits per heavy atom. The lowest BCUT2D eigenvalue weighted by molar-refractivity contribution is 0.243. The predicted octanol–water partition coefficient (Wildman–Crippen LogP) is 4.90. The molecule has 1 aromatic carbocycles. The van der Waals surface area contributed by atoms with Gasteiger partial charge in [0.1, 0.15) is 0 Å². The van der Waals surface area contributed by atoms with Crippen LogP contribution in [0.3, 0.4) is 0 Å². The number of hydrogen-bond donors (Lipinski definition) is 1. The van der Waals surface area contributed by atoms with Gasteiger partial charge in [-0.25, -0.2) is 0 Å². The highest BCUT2D eigenvalue weighted by Crippen LogP contribution is 2.31. The number of nitrogens with one attached hydrogen (secondary N) is 1. The highest BCUT2D eigenvalue weighted by molar-refractivity contribution is 5.29. The number of benzene rings is 1. The van der Waals surface area contributed by atoms with Crippen LogP contribution in [0, 0.1) is 25.2 Å². The highest BCUT2D eigenvalue weighted by Gasteiger charge is 2.26. The van der Waals surface area contributed by atoms with Gasteiger partial charge in [-0.3, -0.25) is 0 Å². The van der Waals surface area contributed by atoms with Crippen molar-refractivity contribution in [1.82, 2.24) is 5.32 Å². The first-order valence-electron chi connectivity index (χ1n) is 8.18. The monoisotopic (exact) mass is 275 g/mol. The maximum Gasteiger partial charge on any atom is 0.00109 e. The lowest BCUT2D eigenvalue weighted by atomic mass is 9.76. The smallest absolute Gasteiger partial charge is 0.00109 e. The summed E-state index contributed by atoms with van der Waals surface area (Å²) in [4.78, 5) is 0. The second-order valence-electron chi connectivity index (χ2n) is 6.90. The van der Waals surface area contributed by atoms with E-state index in [1.165, 1.54) is 36.0 Å². The van der Waals surface area contributed by atoms with Crippen molar-refractivity contribution in [2.24, 2.45) is 11.3 Å². The van der Waals surface area contributed by atoms with Crippen LogP contribution in [0.2, 0.25) is 0 Å². The molecular formula is C19H33N. The average Bonchev–Trinajstić information content (AvgIpc) is 2.36. The van der Waals surface area contributed by atoms with Crippen LogP contribution in [0.4, 0.5) is 0 Å². The first-order chi connectivity index (χ1) is 9.40. The fourth-order valence-electron chi connectivity index (χ4n) is 3.04. The molecule has 0 bridgehead atoms. The van der Waals surface area contributed by atoms with Crippen molar-refractivity contribution in [3.63, 3.8) is 0 Å². The fourth-order valence-corrected chi connectivity index (χ4v) is 3.04. The Balaban J connectivity index is 2.79. The Labute approximate surface area is 126 Å². The Hall–Kier alpha value is -0.820. The Kier molecular flexibility index (Phi) is 6.75. The van der Waals surface area contributed by atoms with Crippen LogP contribution in [-0.2, 0) is 6.42 Å². The van der Waals surface area contributed by atoms with Gasteiger partial charge in [-0.05, 0) is 56.6 Å². The summed E-state index contributed by atoms with van der Waals surface area (Å²) >= 11 is 0. The molecule has 1 N–H and O–H groups in total. The van der Waals surface area contributed by atoms with E-state index in [4.69, 9.17) is 0 Å². The minimum Gasteiger partial charge on any atom is -0.316 e. The molecule has 114 valence electrons. The second kappa shape index (κ2) is 7.83. The summed E-state index contributed by atoms with van der Waals surface area (Å²) in [7, 11) is 0. The summed E-state index contributed by atoms with van der Waals surface area (Å²) in [6.45, 7) is 15.9. The standard InChI is InChI=1S/C19H33N/c1-7-19(8-2,14-20-13-15(3)4)12-18-10-16(5)9-17(6)11-18/h9-11,15,20H,7-8,12-14H2,1-6H3. The van der Waals surface area contributed by atoms with Crippen LogP contribution in [0.5, 0.6) is 0 Å². The van der Waals surface area contributed by atoms with E-state index in [1.807, 2.05) is 0 Å². The van der Waals surface area contributed by atoms with Gasteiger partial charge in [-0.15, -0.1) is 0 Å². The Bertz CT molecular complexity index is 382. The molecule has 0 saturated carbocycles. The van der Waals surface area contributed by atoms with Crippen LogP contribution in [0.25, 0.3) is 0 Å². The van der Waals surface area contributed by atoms with Gasteiger partial charge in [0, 0.05) is 6.54 Å². The van der Waals surface area contributed by atoms with Gasteiger partial charge in [0.15, 0.2) is 0 Å². The van der Waals surface area contributed by atoms with E-state index in [0.717, 1.165) is 19.0 Å². The Morgan fingerprint density at radius 2 is 1.55 bits per heavy atom. The molecule has 0 aromatic heterocycles. The normalized spacial score (nSPS) is 12.2. The molecule has 0 aliphatic carbocycles. The first-order valence-corrected chi connectivity index (χ1v) is 8.18. The molecule has 0 aliphatic heterocycles. The lowest BCUT2D eigenvalue weighted by Crippen LogP contribution is -2.37. The van der Waals surface area contributed by atoms with Gasteiger partial charge in [0.05, 0.1) is 0 Å². The highest BCUT2D eigenvalue weighted by atomic mass is 14.9. The van der Waals surface area contributed by atoms with Crippen molar-refractivity contribution in [1.29, 1.82) is 0 Å². The first kappa shape index (κ1) is 17.2. The summed E-state index contributed by atoms with van der Waals surface area (Å²) in [5.41, 5.74) is 4.67. The molecule has 0 heterocycles. The zero-order valence-electron chi connectivity index (χ0n) is 14.3. The van der Waals surface area contributed by atoms with Crippen LogP contribution in [-0.4, -0.2) is 13.1 Å². The third-order valence-corrected chi connectivity index (χ3v) is 4.41. The molecule has 0 amide bonds. The minimum absolute atomic E-state index is 0.398. The van der Waals surface area contributed by atoms with Crippen LogP contribution >= 0.6 is 0 Å². The molecule has 0 aliphatic rings. The minimum atomic E-state index is 0.398. The van der Waals surface area contributed by atoms with Gasteiger partial charge >= 0.3 is 0 Å². The van der Waals surface area contributed by atoms with E-state index < -0.39 is 0 Å². The molecule has 20 heavy (non-hydrogen) atoms. The zero-order chi connectivity index (χ0) is 15.2. The summed E-state index contributed by atoms with van der Waals surface area (Å²) in [6.07, 6.45) is 3.66. The fraction of sp³-hybridized carbons (Fsp3) is 0.684. The Morgan fingerprint density at radius 1 is 1.00 bits per heavy atom. The van der Waals surface area contributed by atoms with E-state index in [1.54, 1.807) is 0 Å². The molecule has 0 unspecified atom stereocenters. The summed E-state index contributed by atoms with van der Waals surface area (Å²) in [5.74, 6) is 0.725. The van der Waals surface area contributed by atoms with E-state index in [-0.39, 0.29) is 0 Å². The molecule has 1 heteroatoms.